The Labute approximate surface area is 138 Å². The van der Waals surface area contributed by atoms with Crippen LogP contribution in [-0.2, 0) is 0 Å². The first kappa shape index (κ1) is 14.2. The number of nitrogens with zero attached hydrogens (tertiary/aromatic N) is 5. The van der Waals surface area contributed by atoms with Gasteiger partial charge in [0.05, 0.1) is 11.8 Å². The molecule has 1 aliphatic heterocycles. The lowest BCUT2D eigenvalue weighted by Crippen LogP contribution is -2.47. The number of rotatable bonds is 3. The second-order valence-corrected chi connectivity index (χ2v) is 6.18. The first-order valence-electron chi connectivity index (χ1n) is 7.56. The second kappa shape index (κ2) is 6.00. The molecule has 0 radical (unpaired) electrons. The molecule has 2 aromatic heterocycles. The lowest BCUT2D eigenvalue weighted by molar-refractivity contribution is 0.396. The van der Waals surface area contributed by atoms with E-state index in [1.165, 1.54) is 10.1 Å². The van der Waals surface area contributed by atoms with Crippen molar-refractivity contribution < 1.29 is 4.74 Å². The summed E-state index contributed by atoms with van der Waals surface area (Å²) in [5.41, 5.74) is 0. The van der Waals surface area contributed by atoms with E-state index in [1.54, 1.807) is 30.9 Å². The third-order valence-corrected chi connectivity index (χ3v) is 4.86. The summed E-state index contributed by atoms with van der Waals surface area (Å²) in [4.78, 5) is 13.3. The zero-order chi connectivity index (χ0) is 15.6. The number of anilines is 2. The Bertz CT molecular complexity index is 813. The molecule has 4 rings (SSSR count). The van der Waals surface area contributed by atoms with Crippen molar-refractivity contribution in [2.45, 2.75) is 0 Å². The van der Waals surface area contributed by atoms with E-state index < -0.39 is 0 Å². The van der Waals surface area contributed by atoms with Crippen molar-refractivity contribution in [3.8, 4) is 5.88 Å². The molecule has 0 spiro atoms. The Hall–Kier alpha value is -2.41. The monoisotopic (exact) mass is 327 g/mol. The molecular formula is C16H17N5OS. The van der Waals surface area contributed by atoms with E-state index in [0.717, 1.165) is 37.9 Å². The normalized spacial score (nSPS) is 15.2. The van der Waals surface area contributed by atoms with Gasteiger partial charge in [0.2, 0.25) is 11.8 Å². The van der Waals surface area contributed by atoms with E-state index in [4.69, 9.17) is 4.74 Å². The van der Waals surface area contributed by atoms with Crippen LogP contribution in [0.25, 0.3) is 10.1 Å². The Morgan fingerprint density at radius 3 is 2.65 bits per heavy atom. The highest BCUT2D eigenvalue weighted by Gasteiger charge is 2.22. The van der Waals surface area contributed by atoms with Crippen molar-refractivity contribution in [2.75, 3.05) is 43.1 Å². The highest BCUT2D eigenvalue weighted by Crippen LogP contribution is 2.30. The maximum atomic E-state index is 5.18. The van der Waals surface area contributed by atoms with Crippen molar-refractivity contribution in [2.24, 2.45) is 0 Å². The maximum absolute atomic E-state index is 5.18. The van der Waals surface area contributed by atoms with Gasteiger partial charge in [0.1, 0.15) is 5.82 Å². The van der Waals surface area contributed by atoms with Crippen LogP contribution in [0.5, 0.6) is 5.88 Å². The highest BCUT2D eigenvalue weighted by molar-refractivity contribution is 7.13. The van der Waals surface area contributed by atoms with Gasteiger partial charge in [-0.25, -0.2) is 4.98 Å². The quantitative estimate of drug-likeness (QED) is 0.736. The van der Waals surface area contributed by atoms with E-state index in [0.29, 0.717) is 5.88 Å². The predicted molar refractivity (Wildman–Crippen MR) is 92.6 cm³/mol. The standard InChI is InChI=1S/C16H17N5OS/c1-22-14-6-7-17-16(18-14)21-10-8-20(9-11-21)15-12-4-2-3-5-13(12)23-19-15/h2-7H,8-11H2,1H3. The van der Waals surface area contributed by atoms with Crippen LogP contribution in [0.4, 0.5) is 11.8 Å². The molecule has 0 bridgehead atoms. The summed E-state index contributed by atoms with van der Waals surface area (Å²) >= 11 is 1.56. The molecule has 7 heteroatoms. The van der Waals surface area contributed by atoms with Crippen LogP contribution >= 0.6 is 11.5 Å². The van der Waals surface area contributed by atoms with Crippen molar-refractivity contribution in [3.05, 3.63) is 36.5 Å². The molecule has 1 fully saturated rings. The number of hydrogen-bond acceptors (Lipinski definition) is 7. The van der Waals surface area contributed by atoms with Gasteiger partial charge in [-0.1, -0.05) is 12.1 Å². The Balaban J connectivity index is 1.50. The molecule has 6 nitrogen and oxygen atoms in total. The average molecular weight is 327 g/mol. The van der Waals surface area contributed by atoms with Gasteiger partial charge >= 0.3 is 0 Å². The van der Waals surface area contributed by atoms with Gasteiger partial charge in [0, 0.05) is 43.8 Å². The smallest absolute Gasteiger partial charge is 0.228 e. The minimum atomic E-state index is 0.600. The fraction of sp³-hybridized carbons (Fsp3) is 0.312. The second-order valence-electron chi connectivity index (χ2n) is 5.38. The Morgan fingerprint density at radius 1 is 1.04 bits per heavy atom. The number of piperazine rings is 1. The third-order valence-electron chi connectivity index (χ3n) is 4.05. The highest BCUT2D eigenvalue weighted by atomic mass is 32.1. The lowest BCUT2D eigenvalue weighted by Gasteiger charge is -2.35. The van der Waals surface area contributed by atoms with Gasteiger partial charge in [-0.2, -0.15) is 9.36 Å². The van der Waals surface area contributed by atoms with Gasteiger partial charge < -0.3 is 14.5 Å². The molecule has 0 N–H and O–H groups in total. The van der Waals surface area contributed by atoms with Crippen LogP contribution in [0.1, 0.15) is 0 Å². The predicted octanol–water partition coefficient (Wildman–Crippen LogP) is 2.42. The fourth-order valence-electron chi connectivity index (χ4n) is 2.82. The molecule has 1 saturated heterocycles. The third kappa shape index (κ3) is 2.68. The number of aromatic nitrogens is 3. The van der Waals surface area contributed by atoms with Crippen molar-refractivity contribution >= 4 is 33.4 Å². The topological polar surface area (TPSA) is 54.4 Å². The Kier molecular flexibility index (Phi) is 3.70. The van der Waals surface area contributed by atoms with Gasteiger partial charge in [-0.05, 0) is 23.7 Å². The zero-order valence-corrected chi connectivity index (χ0v) is 13.7. The minimum Gasteiger partial charge on any atom is -0.481 e. The minimum absolute atomic E-state index is 0.600. The van der Waals surface area contributed by atoms with E-state index >= 15 is 0 Å². The SMILES string of the molecule is COc1ccnc(N2CCN(c3nsc4ccccc34)CC2)n1. The van der Waals surface area contributed by atoms with Crippen molar-refractivity contribution in [1.82, 2.24) is 14.3 Å². The van der Waals surface area contributed by atoms with Gasteiger partial charge in [-0.3, -0.25) is 0 Å². The number of methoxy groups -OCH3 is 1. The number of benzene rings is 1. The molecule has 0 atom stereocenters. The van der Waals surface area contributed by atoms with Crippen LogP contribution in [0.2, 0.25) is 0 Å². The van der Waals surface area contributed by atoms with E-state index in [1.807, 2.05) is 0 Å². The number of hydrogen-bond donors (Lipinski definition) is 0. The maximum Gasteiger partial charge on any atom is 0.228 e. The molecule has 0 saturated carbocycles. The van der Waals surface area contributed by atoms with Gasteiger partial charge in [0.15, 0.2) is 0 Å². The molecule has 0 amide bonds. The summed E-state index contributed by atoms with van der Waals surface area (Å²) in [7, 11) is 1.62. The van der Waals surface area contributed by atoms with Crippen LogP contribution in [-0.4, -0.2) is 47.6 Å². The molecule has 1 aromatic carbocycles. The summed E-state index contributed by atoms with van der Waals surface area (Å²) in [5, 5.41) is 1.24. The van der Waals surface area contributed by atoms with Gasteiger partial charge in [-0.15, -0.1) is 0 Å². The summed E-state index contributed by atoms with van der Waals surface area (Å²) in [6.07, 6.45) is 1.74. The van der Waals surface area contributed by atoms with Crippen LogP contribution < -0.4 is 14.5 Å². The molecule has 0 aliphatic carbocycles. The summed E-state index contributed by atoms with van der Waals surface area (Å²) in [5.74, 6) is 2.42. The molecular weight excluding hydrogens is 310 g/mol. The fourth-order valence-corrected chi connectivity index (χ4v) is 3.61. The van der Waals surface area contributed by atoms with Gasteiger partial charge in [0.25, 0.3) is 0 Å². The van der Waals surface area contributed by atoms with E-state index in [9.17, 15) is 0 Å². The molecule has 1 aliphatic rings. The van der Waals surface area contributed by atoms with Crippen LogP contribution in [0.15, 0.2) is 36.5 Å². The average Bonchev–Trinajstić information content (AvgIpc) is 3.06. The van der Waals surface area contributed by atoms with Crippen LogP contribution in [0.3, 0.4) is 0 Å². The lowest BCUT2D eigenvalue weighted by atomic mass is 10.2. The number of ether oxygens (including phenoxy) is 1. The molecule has 0 unspecified atom stereocenters. The molecule has 3 heterocycles. The van der Waals surface area contributed by atoms with E-state index in [-0.39, 0.29) is 0 Å². The van der Waals surface area contributed by atoms with Crippen molar-refractivity contribution in [1.29, 1.82) is 0 Å². The van der Waals surface area contributed by atoms with E-state index in [2.05, 4.69) is 48.4 Å². The van der Waals surface area contributed by atoms with Crippen molar-refractivity contribution in [3.63, 3.8) is 0 Å². The zero-order valence-electron chi connectivity index (χ0n) is 12.8. The largest absolute Gasteiger partial charge is 0.481 e. The Morgan fingerprint density at radius 2 is 1.83 bits per heavy atom. The number of fused-ring (bicyclic) bond motifs is 1. The molecule has 118 valence electrons. The van der Waals surface area contributed by atoms with Crippen LogP contribution in [0, 0.1) is 0 Å². The first-order chi connectivity index (χ1) is 11.3. The first-order valence-corrected chi connectivity index (χ1v) is 8.34. The molecule has 23 heavy (non-hydrogen) atoms. The summed E-state index contributed by atoms with van der Waals surface area (Å²) < 4.78 is 11.1. The summed E-state index contributed by atoms with van der Waals surface area (Å²) in [6.45, 7) is 3.57. The summed E-state index contributed by atoms with van der Waals surface area (Å²) in [6, 6.07) is 10.2. The molecule has 3 aromatic rings.